The molecule has 2 nitrogen and oxygen atoms in total. The number of aryl methyl sites for hydroxylation is 1. The standard InChI is InChI=1S/C12H14O2/c1-8-4-5-11(6-7-12(13)14)10(3)9(8)2/h4-7H,1-3H3,(H,13,14). The number of rotatable bonds is 2. The van der Waals surface area contributed by atoms with Gasteiger partial charge in [0.05, 0.1) is 0 Å². The fourth-order valence-corrected chi connectivity index (χ4v) is 1.32. The average Bonchev–Trinajstić information content (AvgIpc) is 2.13. The molecule has 0 amide bonds. The van der Waals surface area contributed by atoms with E-state index in [0.717, 1.165) is 17.2 Å². The van der Waals surface area contributed by atoms with Crippen molar-refractivity contribution in [3.05, 3.63) is 40.5 Å². The van der Waals surface area contributed by atoms with Crippen LogP contribution in [0.4, 0.5) is 0 Å². The van der Waals surface area contributed by atoms with Gasteiger partial charge in [0.2, 0.25) is 0 Å². The summed E-state index contributed by atoms with van der Waals surface area (Å²) in [6, 6.07) is 3.95. The van der Waals surface area contributed by atoms with Crippen LogP contribution in [0.2, 0.25) is 0 Å². The highest BCUT2D eigenvalue weighted by Crippen LogP contribution is 2.18. The molecule has 0 saturated carbocycles. The first-order valence-corrected chi connectivity index (χ1v) is 4.50. The Morgan fingerprint density at radius 2 is 1.86 bits per heavy atom. The van der Waals surface area contributed by atoms with Crippen molar-refractivity contribution in [3.63, 3.8) is 0 Å². The van der Waals surface area contributed by atoms with Crippen LogP contribution in [0.3, 0.4) is 0 Å². The number of carboxylic acid groups (broad SMARTS) is 1. The molecule has 74 valence electrons. The molecule has 2 heteroatoms. The van der Waals surface area contributed by atoms with E-state index in [1.54, 1.807) is 6.08 Å². The summed E-state index contributed by atoms with van der Waals surface area (Å²) in [5.41, 5.74) is 4.56. The molecule has 0 bridgehead atoms. The van der Waals surface area contributed by atoms with Gasteiger partial charge in [-0.15, -0.1) is 0 Å². The summed E-state index contributed by atoms with van der Waals surface area (Å²) in [5, 5.41) is 8.50. The lowest BCUT2D eigenvalue weighted by Crippen LogP contribution is -1.91. The van der Waals surface area contributed by atoms with Gasteiger partial charge in [-0.25, -0.2) is 4.79 Å². The third kappa shape index (κ3) is 2.22. The quantitative estimate of drug-likeness (QED) is 0.728. The molecule has 0 heterocycles. The molecule has 0 unspecified atom stereocenters. The number of benzene rings is 1. The lowest BCUT2D eigenvalue weighted by molar-refractivity contribution is -0.131. The van der Waals surface area contributed by atoms with E-state index in [9.17, 15) is 4.79 Å². The maximum Gasteiger partial charge on any atom is 0.328 e. The lowest BCUT2D eigenvalue weighted by Gasteiger charge is -2.07. The Kier molecular flexibility index (Phi) is 3.07. The van der Waals surface area contributed by atoms with Crippen molar-refractivity contribution in [3.8, 4) is 0 Å². The minimum Gasteiger partial charge on any atom is -0.478 e. The highest BCUT2D eigenvalue weighted by atomic mass is 16.4. The number of carbonyl (C=O) groups is 1. The highest BCUT2D eigenvalue weighted by molar-refractivity contribution is 5.85. The molecule has 0 aliphatic heterocycles. The molecule has 0 aliphatic rings. The Labute approximate surface area is 83.9 Å². The first-order valence-electron chi connectivity index (χ1n) is 4.50. The predicted octanol–water partition coefficient (Wildman–Crippen LogP) is 2.71. The van der Waals surface area contributed by atoms with Gasteiger partial charge >= 0.3 is 5.97 Å². The van der Waals surface area contributed by atoms with Gasteiger partial charge in [-0.1, -0.05) is 12.1 Å². The molecular weight excluding hydrogens is 176 g/mol. The fourth-order valence-electron chi connectivity index (χ4n) is 1.32. The van der Waals surface area contributed by atoms with Gasteiger partial charge in [0.25, 0.3) is 0 Å². The molecule has 1 N–H and O–H groups in total. The number of hydrogen-bond acceptors (Lipinski definition) is 1. The highest BCUT2D eigenvalue weighted by Gasteiger charge is 2.00. The van der Waals surface area contributed by atoms with Gasteiger partial charge in [0.15, 0.2) is 0 Å². The fraction of sp³-hybridized carbons (Fsp3) is 0.250. The summed E-state index contributed by atoms with van der Waals surface area (Å²) in [5.74, 6) is -0.914. The van der Waals surface area contributed by atoms with Gasteiger partial charge in [0.1, 0.15) is 0 Å². The van der Waals surface area contributed by atoms with E-state index in [-0.39, 0.29) is 0 Å². The van der Waals surface area contributed by atoms with Gasteiger partial charge in [-0.2, -0.15) is 0 Å². The van der Waals surface area contributed by atoms with Crippen molar-refractivity contribution in [2.24, 2.45) is 0 Å². The van der Waals surface area contributed by atoms with Crippen LogP contribution in [0.15, 0.2) is 18.2 Å². The van der Waals surface area contributed by atoms with Crippen molar-refractivity contribution < 1.29 is 9.90 Å². The van der Waals surface area contributed by atoms with E-state index in [1.165, 1.54) is 11.1 Å². The third-order valence-corrected chi connectivity index (χ3v) is 2.51. The molecule has 14 heavy (non-hydrogen) atoms. The Bertz CT molecular complexity index is 390. The van der Waals surface area contributed by atoms with Gasteiger partial charge in [0, 0.05) is 6.08 Å². The minimum atomic E-state index is -0.914. The van der Waals surface area contributed by atoms with Gasteiger partial charge in [-0.3, -0.25) is 0 Å². The van der Waals surface area contributed by atoms with E-state index in [4.69, 9.17) is 5.11 Å². The summed E-state index contributed by atoms with van der Waals surface area (Å²) in [4.78, 5) is 10.3. The largest absolute Gasteiger partial charge is 0.478 e. The smallest absolute Gasteiger partial charge is 0.328 e. The normalized spacial score (nSPS) is 10.8. The summed E-state index contributed by atoms with van der Waals surface area (Å²) in [6.07, 6.45) is 2.79. The summed E-state index contributed by atoms with van der Waals surface area (Å²) in [7, 11) is 0. The molecule has 0 saturated heterocycles. The van der Waals surface area contributed by atoms with E-state index < -0.39 is 5.97 Å². The predicted molar refractivity (Wildman–Crippen MR) is 57.3 cm³/mol. The van der Waals surface area contributed by atoms with Crippen molar-refractivity contribution in [2.45, 2.75) is 20.8 Å². The van der Waals surface area contributed by atoms with Crippen LogP contribution in [0.1, 0.15) is 22.3 Å². The average molecular weight is 190 g/mol. The van der Waals surface area contributed by atoms with Crippen LogP contribution in [-0.4, -0.2) is 11.1 Å². The first kappa shape index (κ1) is 10.5. The molecule has 0 radical (unpaired) electrons. The summed E-state index contributed by atoms with van der Waals surface area (Å²) < 4.78 is 0. The molecule has 1 aromatic carbocycles. The van der Waals surface area contributed by atoms with E-state index in [2.05, 4.69) is 0 Å². The van der Waals surface area contributed by atoms with Crippen LogP contribution < -0.4 is 0 Å². The van der Waals surface area contributed by atoms with Gasteiger partial charge < -0.3 is 5.11 Å². The SMILES string of the molecule is Cc1ccc(C=CC(=O)O)c(C)c1C. The minimum absolute atomic E-state index is 0.914. The zero-order chi connectivity index (χ0) is 10.7. The Morgan fingerprint density at radius 3 is 2.43 bits per heavy atom. The van der Waals surface area contributed by atoms with E-state index >= 15 is 0 Å². The summed E-state index contributed by atoms with van der Waals surface area (Å²) >= 11 is 0. The van der Waals surface area contributed by atoms with Crippen molar-refractivity contribution in [1.82, 2.24) is 0 Å². The van der Waals surface area contributed by atoms with Gasteiger partial charge in [-0.05, 0) is 49.1 Å². The molecule has 0 aromatic heterocycles. The monoisotopic (exact) mass is 190 g/mol. The van der Waals surface area contributed by atoms with E-state index in [1.807, 2.05) is 32.9 Å². The van der Waals surface area contributed by atoms with Crippen molar-refractivity contribution >= 4 is 12.0 Å². The number of hydrogen-bond donors (Lipinski definition) is 1. The van der Waals surface area contributed by atoms with Crippen LogP contribution >= 0.6 is 0 Å². The number of aliphatic carboxylic acids is 1. The van der Waals surface area contributed by atoms with Crippen molar-refractivity contribution in [2.75, 3.05) is 0 Å². The maximum atomic E-state index is 10.3. The second-order valence-electron chi connectivity index (χ2n) is 3.39. The number of carboxylic acids is 1. The second kappa shape index (κ2) is 4.09. The van der Waals surface area contributed by atoms with Crippen LogP contribution in [0, 0.1) is 20.8 Å². The Hall–Kier alpha value is -1.57. The van der Waals surface area contributed by atoms with Crippen LogP contribution in [-0.2, 0) is 4.79 Å². The molecule has 0 spiro atoms. The molecule has 0 atom stereocenters. The van der Waals surface area contributed by atoms with Crippen LogP contribution in [0.5, 0.6) is 0 Å². The molecule has 0 aliphatic carbocycles. The summed E-state index contributed by atoms with van der Waals surface area (Å²) in [6.45, 7) is 6.10. The Morgan fingerprint density at radius 1 is 1.21 bits per heavy atom. The van der Waals surface area contributed by atoms with E-state index in [0.29, 0.717) is 0 Å². The second-order valence-corrected chi connectivity index (χ2v) is 3.39. The third-order valence-electron chi connectivity index (χ3n) is 2.51. The molecule has 1 rings (SSSR count). The zero-order valence-electron chi connectivity index (χ0n) is 8.66. The maximum absolute atomic E-state index is 10.3. The first-order chi connectivity index (χ1) is 6.52. The molecular formula is C12H14O2. The van der Waals surface area contributed by atoms with Crippen LogP contribution in [0.25, 0.3) is 6.08 Å². The molecule has 0 fully saturated rings. The zero-order valence-corrected chi connectivity index (χ0v) is 8.66. The lowest BCUT2D eigenvalue weighted by atomic mass is 9.99. The van der Waals surface area contributed by atoms with Crippen molar-refractivity contribution in [1.29, 1.82) is 0 Å². The topological polar surface area (TPSA) is 37.3 Å². The molecule has 1 aromatic rings. The Balaban J connectivity index is 3.12.